The Morgan fingerprint density at radius 2 is 2.13 bits per heavy atom. The summed E-state index contributed by atoms with van der Waals surface area (Å²) < 4.78 is 18.5. The molecule has 0 aliphatic heterocycles. The summed E-state index contributed by atoms with van der Waals surface area (Å²) in [4.78, 5) is 0. The van der Waals surface area contributed by atoms with Crippen LogP contribution in [0.1, 0.15) is 25.8 Å². The molecule has 1 N–H and O–H groups in total. The molecule has 84 valence electrons. The van der Waals surface area contributed by atoms with E-state index < -0.39 is 11.4 Å². The second-order valence-corrected chi connectivity index (χ2v) is 4.07. The molecule has 1 aromatic carbocycles. The van der Waals surface area contributed by atoms with Gasteiger partial charge in [0.25, 0.3) is 0 Å². The molecule has 0 aromatic heterocycles. The Hall–Kier alpha value is -1.09. The first-order valence-electron chi connectivity index (χ1n) is 5.06. The molecule has 0 radical (unpaired) electrons. The maximum absolute atomic E-state index is 13.2. The van der Waals surface area contributed by atoms with Crippen molar-refractivity contribution in [2.24, 2.45) is 0 Å². The van der Waals surface area contributed by atoms with Gasteiger partial charge in [0.2, 0.25) is 0 Å². The monoisotopic (exact) mass is 212 g/mol. The molecular weight excluding hydrogens is 195 g/mol. The van der Waals surface area contributed by atoms with Crippen LogP contribution in [0.4, 0.5) is 4.39 Å². The Morgan fingerprint density at radius 3 is 2.73 bits per heavy atom. The Bertz CT molecular complexity index is 334. The summed E-state index contributed by atoms with van der Waals surface area (Å²) in [5.41, 5.74) is 0.0263. The number of ether oxygens (including phenoxy) is 1. The lowest BCUT2D eigenvalue weighted by Crippen LogP contribution is -2.31. The molecule has 1 rings (SSSR count). The van der Waals surface area contributed by atoms with Gasteiger partial charge in [-0.1, -0.05) is 13.0 Å². The van der Waals surface area contributed by atoms with Crippen molar-refractivity contribution in [2.45, 2.75) is 32.8 Å². The van der Waals surface area contributed by atoms with Crippen LogP contribution in [0.25, 0.3) is 0 Å². The standard InChI is InChI=1S/C12H17FO2/c1-4-12(3,14)8-15-11-7-9(2)5-6-10(11)13/h5-7,14H,4,8H2,1-3H3. The first kappa shape index (κ1) is 12.0. The van der Waals surface area contributed by atoms with E-state index in [1.54, 1.807) is 19.1 Å². The summed E-state index contributed by atoms with van der Waals surface area (Å²) >= 11 is 0. The lowest BCUT2D eigenvalue weighted by Gasteiger charge is -2.21. The highest BCUT2D eigenvalue weighted by atomic mass is 19.1. The summed E-state index contributed by atoms with van der Waals surface area (Å²) in [7, 11) is 0. The van der Waals surface area contributed by atoms with Gasteiger partial charge in [0.05, 0.1) is 5.60 Å². The van der Waals surface area contributed by atoms with Crippen LogP contribution in [-0.2, 0) is 0 Å². The van der Waals surface area contributed by atoms with Crippen LogP contribution in [0.3, 0.4) is 0 Å². The SMILES string of the molecule is CCC(C)(O)COc1cc(C)ccc1F. The zero-order valence-electron chi connectivity index (χ0n) is 9.38. The number of hydrogen-bond donors (Lipinski definition) is 1. The highest BCUT2D eigenvalue weighted by Crippen LogP contribution is 2.20. The summed E-state index contributed by atoms with van der Waals surface area (Å²) in [5, 5.41) is 9.70. The normalized spacial score (nSPS) is 14.7. The molecule has 0 aliphatic carbocycles. The number of halogens is 1. The Labute approximate surface area is 89.7 Å². The molecule has 0 aliphatic rings. The van der Waals surface area contributed by atoms with Crippen molar-refractivity contribution in [3.8, 4) is 5.75 Å². The summed E-state index contributed by atoms with van der Waals surface area (Å²) in [6, 6.07) is 4.67. The van der Waals surface area contributed by atoms with Crippen molar-refractivity contribution in [1.82, 2.24) is 0 Å². The third-order valence-corrected chi connectivity index (χ3v) is 2.39. The zero-order chi connectivity index (χ0) is 11.5. The van der Waals surface area contributed by atoms with Crippen LogP contribution in [0.5, 0.6) is 5.75 Å². The molecule has 0 heterocycles. The lowest BCUT2D eigenvalue weighted by molar-refractivity contribution is 0.00732. The second-order valence-electron chi connectivity index (χ2n) is 4.07. The van der Waals surface area contributed by atoms with Gasteiger partial charge in [0, 0.05) is 0 Å². The number of aryl methyl sites for hydroxylation is 1. The Balaban J connectivity index is 2.69. The third kappa shape index (κ3) is 3.51. The smallest absolute Gasteiger partial charge is 0.165 e. The van der Waals surface area contributed by atoms with Gasteiger partial charge in [-0.15, -0.1) is 0 Å². The fourth-order valence-corrected chi connectivity index (χ4v) is 1.06. The Kier molecular flexibility index (Phi) is 3.69. The quantitative estimate of drug-likeness (QED) is 0.831. The van der Waals surface area contributed by atoms with Gasteiger partial charge in [0.1, 0.15) is 6.61 Å². The maximum Gasteiger partial charge on any atom is 0.165 e. The largest absolute Gasteiger partial charge is 0.488 e. The summed E-state index contributed by atoms with van der Waals surface area (Å²) in [6.45, 7) is 5.49. The van der Waals surface area contributed by atoms with Crippen LogP contribution in [0, 0.1) is 12.7 Å². The van der Waals surface area contributed by atoms with Crippen LogP contribution in [0.15, 0.2) is 18.2 Å². The third-order valence-electron chi connectivity index (χ3n) is 2.39. The van der Waals surface area contributed by atoms with Gasteiger partial charge in [-0.3, -0.25) is 0 Å². The number of aliphatic hydroxyl groups is 1. The fraction of sp³-hybridized carbons (Fsp3) is 0.500. The summed E-state index contributed by atoms with van der Waals surface area (Å²) in [6.07, 6.45) is 0.570. The van der Waals surface area contributed by atoms with Crippen molar-refractivity contribution >= 4 is 0 Å². The molecule has 0 fully saturated rings. The minimum atomic E-state index is -0.907. The molecule has 1 aromatic rings. The lowest BCUT2D eigenvalue weighted by atomic mass is 10.1. The van der Waals surface area contributed by atoms with E-state index in [9.17, 15) is 9.50 Å². The van der Waals surface area contributed by atoms with Gasteiger partial charge >= 0.3 is 0 Å². The van der Waals surface area contributed by atoms with Crippen molar-refractivity contribution in [1.29, 1.82) is 0 Å². The first-order chi connectivity index (χ1) is 6.94. The van der Waals surface area contributed by atoms with E-state index in [-0.39, 0.29) is 12.4 Å². The fourth-order valence-electron chi connectivity index (χ4n) is 1.06. The molecule has 0 saturated carbocycles. The van der Waals surface area contributed by atoms with Crippen LogP contribution in [-0.4, -0.2) is 17.3 Å². The predicted molar refractivity (Wildman–Crippen MR) is 57.5 cm³/mol. The number of hydrogen-bond acceptors (Lipinski definition) is 2. The van der Waals surface area contributed by atoms with Crippen molar-refractivity contribution < 1.29 is 14.2 Å². The molecule has 1 atom stereocenters. The van der Waals surface area contributed by atoms with Crippen molar-refractivity contribution in [3.63, 3.8) is 0 Å². The van der Waals surface area contributed by atoms with E-state index in [2.05, 4.69) is 0 Å². The van der Waals surface area contributed by atoms with Crippen LogP contribution < -0.4 is 4.74 Å². The van der Waals surface area contributed by atoms with Gasteiger partial charge in [0.15, 0.2) is 11.6 Å². The molecule has 3 heteroatoms. The van der Waals surface area contributed by atoms with Gasteiger partial charge in [-0.2, -0.15) is 0 Å². The van der Waals surface area contributed by atoms with Crippen molar-refractivity contribution in [2.75, 3.05) is 6.61 Å². The van der Waals surface area contributed by atoms with Crippen LogP contribution in [0.2, 0.25) is 0 Å². The molecule has 0 saturated heterocycles. The molecule has 0 spiro atoms. The molecule has 2 nitrogen and oxygen atoms in total. The van der Waals surface area contributed by atoms with Crippen molar-refractivity contribution in [3.05, 3.63) is 29.6 Å². The van der Waals surface area contributed by atoms with Gasteiger partial charge < -0.3 is 9.84 Å². The molecular formula is C12H17FO2. The summed E-state index contributed by atoms with van der Waals surface area (Å²) in [5.74, 6) is -0.198. The van der Waals surface area contributed by atoms with Gasteiger partial charge in [-0.25, -0.2) is 4.39 Å². The number of rotatable bonds is 4. The van der Waals surface area contributed by atoms with E-state index >= 15 is 0 Å². The average Bonchev–Trinajstić information content (AvgIpc) is 2.20. The Morgan fingerprint density at radius 1 is 1.47 bits per heavy atom. The van der Waals surface area contributed by atoms with E-state index in [4.69, 9.17) is 4.74 Å². The van der Waals surface area contributed by atoms with E-state index in [0.29, 0.717) is 6.42 Å². The maximum atomic E-state index is 13.2. The second kappa shape index (κ2) is 4.62. The number of benzene rings is 1. The molecule has 0 bridgehead atoms. The average molecular weight is 212 g/mol. The molecule has 1 unspecified atom stereocenters. The highest BCUT2D eigenvalue weighted by Gasteiger charge is 2.19. The molecule has 0 amide bonds. The highest BCUT2D eigenvalue weighted by molar-refractivity contribution is 5.29. The predicted octanol–water partition coefficient (Wildman–Crippen LogP) is 2.67. The van der Waals surface area contributed by atoms with E-state index in [1.165, 1.54) is 6.07 Å². The topological polar surface area (TPSA) is 29.5 Å². The minimum absolute atomic E-state index is 0.101. The first-order valence-corrected chi connectivity index (χ1v) is 5.06. The molecule has 15 heavy (non-hydrogen) atoms. The van der Waals surface area contributed by atoms with E-state index in [1.807, 2.05) is 13.8 Å². The zero-order valence-corrected chi connectivity index (χ0v) is 9.38. The van der Waals surface area contributed by atoms with Gasteiger partial charge in [-0.05, 0) is 38.0 Å². The van der Waals surface area contributed by atoms with E-state index in [0.717, 1.165) is 5.56 Å². The minimum Gasteiger partial charge on any atom is -0.488 e. The van der Waals surface area contributed by atoms with Crippen LogP contribution >= 0.6 is 0 Å².